The van der Waals surface area contributed by atoms with Crippen molar-refractivity contribution in [2.75, 3.05) is 0 Å². The first-order valence-electron chi connectivity index (χ1n) is 2.42. The van der Waals surface area contributed by atoms with Gasteiger partial charge in [-0.1, -0.05) is 18.2 Å². The van der Waals surface area contributed by atoms with Crippen LogP contribution < -0.4 is 0 Å². The molecule has 3 heteroatoms. The molecule has 0 fully saturated rings. The van der Waals surface area contributed by atoms with E-state index >= 15 is 0 Å². The van der Waals surface area contributed by atoms with E-state index in [0.29, 0.717) is 5.75 Å². The Morgan fingerprint density at radius 2 is 1.60 bits per heavy atom. The van der Waals surface area contributed by atoms with E-state index in [1.54, 1.807) is 24.3 Å². The van der Waals surface area contributed by atoms with Gasteiger partial charge in [-0.15, -0.1) is 0 Å². The second-order valence-electron chi connectivity index (χ2n) is 1.34. The summed E-state index contributed by atoms with van der Waals surface area (Å²) in [7, 11) is 0. The van der Waals surface area contributed by atoms with Gasteiger partial charge in [-0.25, -0.2) is 0 Å². The Labute approximate surface area is 79.0 Å². The number of aromatic hydroxyl groups is 1. The first-order valence-corrected chi connectivity index (χ1v) is 2.42. The smallest absolute Gasteiger partial charge is 1.00 e. The molecular weight excluding hydrogens is 140 g/mol. The zero-order chi connectivity index (χ0) is 7.11. The van der Waals surface area contributed by atoms with Gasteiger partial charge < -0.3 is 12.8 Å². The molecule has 0 bridgehead atoms. The van der Waals surface area contributed by atoms with E-state index in [1.807, 2.05) is 12.9 Å². The predicted octanol–water partition coefficient (Wildman–Crippen LogP) is 1.05. The van der Waals surface area contributed by atoms with Gasteiger partial charge in [0, 0.05) is 0 Å². The SMILES string of the molecule is C=O.Oc1ccccc1.[H-].[H-].[Mg+2]. The fraction of sp³-hybridized carbons (Fsp3) is 0. The van der Waals surface area contributed by atoms with E-state index in [2.05, 4.69) is 0 Å². The van der Waals surface area contributed by atoms with Gasteiger partial charge in [-0.05, 0) is 12.1 Å². The van der Waals surface area contributed by atoms with Crippen LogP contribution in [0.3, 0.4) is 0 Å². The second-order valence-corrected chi connectivity index (χ2v) is 1.34. The summed E-state index contributed by atoms with van der Waals surface area (Å²) in [6, 6.07) is 8.71. The van der Waals surface area contributed by atoms with Crippen molar-refractivity contribution in [1.82, 2.24) is 0 Å². The summed E-state index contributed by atoms with van der Waals surface area (Å²) in [6.07, 6.45) is 0. The standard InChI is InChI=1S/C6H6O.CH2O.Mg.2H/c7-6-4-2-1-3-5-6;1-2;;;/h1-5,7H;1H2;;;/q;;+2;2*-1. The molecule has 1 N–H and O–H groups in total. The van der Waals surface area contributed by atoms with Crippen LogP contribution in [0.5, 0.6) is 5.75 Å². The minimum absolute atomic E-state index is 0. The van der Waals surface area contributed by atoms with Crippen molar-refractivity contribution in [2.45, 2.75) is 0 Å². The van der Waals surface area contributed by atoms with E-state index in [-0.39, 0.29) is 25.9 Å². The van der Waals surface area contributed by atoms with Gasteiger partial charge in [-0.3, -0.25) is 0 Å². The molecule has 0 aromatic heterocycles. The zero-order valence-electron chi connectivity index (χ0n) is 7.66. The molecule has 1 rings (SSSR count). The third-order valence-corrected chi connectivity index (χ3v) is 0.756. The monoisotopic (exact) mass is 150 g/mol. The molecular formula is C7H10MgO2. The molecule has 0 heterocycles. The van der Waals surface area contributed by atoms with Gasteiger partial charge >= 0.3 is 23.1 Å². The van der Waals surface area contributed by atoms with Crippen molar-refractivity contribution in [3.63, 3.8) is 0 Å². The van der Waals surface area contributed by atoms with Crippen LogP contribution in [0.15, 0.2) is 30.3 Å². The summed E-state index contributed by atoms with van der Waals surface area (Å²) in [5.41, 5.74) is 0. The van der Waals surface area contributed by atoms with Crippen molar-refractivity contribution in [3.8, 4) is 5.75 Å². The average Bonchev–Trinajstić information content (AvgIpc) is 1.94. The Morgan fingerprint density at radius 1 is 1.20 bits per heavy atom. The number of carbonyl (C=O) groups excluding carboxylic acids is 1. The third kappa shape index (κ3) is 5.59. The molecule has 0 spiro atoms. The molecule has 2 nitrogen and oxygen atoms in total. The van der Waals surface area contributed by atoms with Crippen LogP contribution in [-0.4, -0.2) is 34.9 Å². The molecule has 52 valence electrons. The Bertz CT molecular complexity index is 161. The average molecular weight is 150 g/mol. The van der Waals surface area contributed by atoms with E-state index < -0.39 is 0 Å². The first kappa shape index (κ1) is 12.2. The number of phenols is 1. The van der Waals surface area contributed by atoms with Crippen LogP contribution in [-0.2, 0) is 4.79 Å². The van der Waals surface area contributed by atoms with Gasteiger partial charge in [-0.2, -0.15) is 0 Å². The maximum Gasteiger partial charge on any atom is 2.00 e. The summed E-state index contributed by atoms with van der Waals surface area (Å²) in [5, 5.41) is 8.63. The van der Waals surface area contributed by atoms with Crippen LogP contribution in [0, 0.1) is 0 Å². The van der Waals surface area contributed by atoms with Crippen LogP contribution in [0.4, 0.5) is 0 Å². The molecule has 1 aromatic carbocycles. The molecule has 0 atom stereocenters. The topological polar surface area (TPSA) is 37.3 Å². The summed E-state index contributed by atoms with van der Waals surface area (Å²) >= 11 is 0. The number of phenolic OH excluding ortho intramolecular Hbond substituents is 1. The molecule has 10 heavy (non-hydrogen) atoms. The Hall–Kier alpha value is -0.544. The molecule has 0 radical (unpaired) electrons. The normalized spacial score (nSPS) is 6.40. The molecule has 0 saturated carbocycles. The first-order chi connectivity index (χ1) is 4.39. The van der Waals surface area contributed by atoms with Crippen LogP contribution >= 0.6 is 0 Å². The minimum atomic E-state index is 0. The molecule has 0 aliphatic carbocycles. The maximum absolute atomic E-state index is 8.63. The maximum atomic E-state index is 8.63. The predicted molar refractivity (Wildman–Crippen MR) is 43.2 cm³/mol. The summed E-state index contributed by atoms with van der Waals surface area (Å²) < 4.78 is 0. The second kappa shape index (κ2) is 8.46. The zero-order valence-corrected chi connectivity index (χ0v) is 7.07. The molecule has 0 aliphatic heterocycles. The number of rotatable bonds is 0. The Kier molecular flexibility index (Phi) is 10.3. The Morgan fingerprint density at radius 3 is 1.80 bits per heavy atom. The molecule has 0 aliphatic rings. The quantitative estimate of drug-likeness (QED) is 0.562. The van der Waals surface area contributed by atoms with Crippen molar-refractivity contribution in [2.24, 2.45) is 0 Å². The molecule has 0 amide bonds. The molecule has 1 aromatic rings. The van der Waals surface area contributed by atoms with E-state index in [1.165, 1.54) is 0 Å². The summed E-state index contributed by atoms with van der Waals surface area (Å²) in [4.78, 5) is 8.00. The van der Waals surface area contributed by atoms with Crippen LogP contribution in [0.25, 0.3) is 0 Å². The van der Waals surface area contributed by atoms with Gasteiger partial charge in [0.2, 0.25) is 0 Å². The number of para-hydroxylation sites is 1. The van der Waals surface area contributed by atoms with Gasteiger partial charge in [0.25, 0.3) is 0 Å². The Balaban J connectivity index is -0.0000000600. The van der Waals surface area contributed by atoms with Crippen molar-refractivity contribution in [1.29, 1.82) is 0 Å². The van der Waals surface area contributed by atoms with Crippen molar-refractivity contribution in [3.05, 3.63) is 30.3 Å². The number of hydrogen-bond donors (Lipinski definition) is 1. The largest absolute Gasteiger partial charge is 2.00 e. The van der Waals surface area contributed by atoms with Crippen molar-refractivity contribution < 1.29 is 12.8 Å². The van der Waals surface area contributed by atoms with Crippen LogP contribution in [0.1, 0.15) is 2.85 Å². The van der Waals surface area contributed by atoms with E-state index in [9.17, 15) is 0 Å². The van der Waals surface area contributed by atoms with Gasteiger partial charge in [0.1, 0.15) is 12.5 Å². The van der Waals surface area contributed by atoms with E-state index in [0.717, 1.165) is 0 Å². The third-order valence-electron chi connectivity index (χ3n) is 0.756. The van der Waals surface area contributed by atoms with Gasteiger partial charge in [0.15, 0.2) is 0 Å². The fourth-order valence-corrected chi connectivity index (χ4v) is 0.428. The number of carbonyl (C=O) groups is 1. The van der Waals surface area contributed by atoms with E-state index in [4.69, 9.17) is 9.90 Å². The fourth-order valence-electron chi connectivity index (χ4n) is 0.428. The number of benzene rings is 1. The van der Waals surface area contributed by atoms with Crippen LogP contribution in [0.2, 0.25) is 0 Å². The molecule has 0 unspecified atom stereocenters. The van der Waals surface area contributed by atoms with Crippen molar-refractivity contribution >= 4 is 29.8 Å². The summed E-state index contributed by atoms with van der Waals surface area (Å²) in [5.74, 6) is 0.322. The number of hydrogen-bond acceptors (Lipinski definition) is 2. The minimum Gasteiger partial charge on any atom is -1.00 e. The van der Waals surface area contributed by atoms with Gasteiger partial charge in [0.05, 0.1) is 0 Å². The molecule has 0 saturated heterocycles. The summed E-state index contributed by atoms with van der Waals surface area (Å²) in [6.45, 7) is 2.00.